The number of nitrogens with zero attached hydrogens (tertiary/aromatic N) is 1. The van der Waals surface area contributed by atoms with Crippen LogP contribution in [0.1, 0.15) is 31.2 Å². The molecule has 2 aliphatic rings. The van der Waals surface area contributed by atoms with Crippen molar-refractivity contribution in [1.82, 2.24) is 5.32 Å². The molecule has 1 heterocycles. The molecule has 1 fully saturated rings. The zero-order valence-electron chi connectivity index (χ0n) is 12.9. The monoisotopic (exact) mass is 312 g/mol. The highest BCUT2D eigenvalue weighted by Crippen LogP contribution is 2.28. The van der Waals surface area contributed by atoms with Crippen molar-refractivity contribution in [2.75, 3.05) is 11.4 Å². The number of fused-ring (bicyclic) bond motifs is 1. The molecule has 1 aliphatic heterocycles. The lowest BCUT2D eigenvalue weighted by molar-refractivity contribution is -0.135. The molecule has 1 aromatic carbocycles. The molecule has 2 N–H and O–H groups in total. The first-order chi connectivity index (χ1) is 11.1. The molecule has 0 saturated heterocycles. The van der Waals surface area contributed by atoms with E-state index in [0.29, 0.717) is 5.82 Å². The van der Waals surface area contributed by atoms with Crippen LogP contribution >= 0.6 is 0 Å². The fourth-order valence-electron chi connectivity index (χ4n) is 3.17. The number of anilines is 1. The topological polar surface area (TPSA) is 69.6 Å². The molecule has 1 saturated carbocycles. The number of carboxylic acid groups (broad SMARTS) is 1. The number of rotatable bonds is 4. The minimum Gasteiger partial charge on any atom is -0.480 e. The average molecular weight is 312 g/mol. The van der Waals surface area contributed by atoms with E-state index in [1.54, 1.807) is 11.0 Å². The van der Waals surface area contributed by atoms with Gasteiger partial charge in [0.25, 0.3) is 0 Å². The molecule has 0 aromatic heterocycles. The van der Waals surface area contributed by atoms with E-state index in [1.165, 1.54) is 0 Å². The van der Waals surface area contributed by atoms with Crippen LogP contribution in [0, 0.1) is 5.92 Å². The number of allylic oxidation sites excluding steroid dienone is 2. The van der Waals surface area contributed by atoms with Crippen LogP contribution in [0.3, 0.4) is 0 Å². The third-order valence-electron chi connectivity index (χ3n) is 4.32. The Morgan fingerprint density at radius 3 is 2.70 bits per heavy atom. The summed E-state index contributed by atoms with van der Waals surface area (Å²) in [5.41, 5.74) is 1.71. The van der Waals surface area contributed by atoms with Crippen LogP contribution in [-0.2, 0) is 9.59 Å². The summed E-state index contributed by atoms with van der Waals surface area (Å²) in [4.78, 5) is 25.3. The van der Waals surface area contributed by atoms with Gasteiger partial charge in [-0.05, 0) is 30.5 Å². The third kappa shape index (κ3) is 3.44. The highest BCUT2D eigenvalue weighted by molar-refractivity contribution is 5.85. The van der Waals surface area contributed by atoms with Crippen LogP contribution in [0.2, 0.25) is 0 Å². The van der Waals surface area contributed by atoms with Crippen LogP contribution in [0.25, 0.3) is 6.08 Å². The van der Waals surface area contributed by atoms with Gasteiger partial charge in [0.15, 0.2) is 0 Å². The second-order valence-corrected chi connectivity index (χ2v) is 5.92. The molecule has 0 unspecified atom stereocenters. The number of aliphatic carboxylic acids is 1. The van der Waals surface area contributed by atoms with Gasteiger partial charge in [-0.3, -0.25) is 9.59 Å². The predicted octanol–water partition coefficient (Wildman–Crippen LogP) is 2.75. The minimum atomic E-state index is -0.942. The van der Waals surface area contributed by atoms with Gasteiger partial charge in [0.05, 0.1) is 5.69 Å². The Kier molecular flexibility index (Phi) is 4.46. The average Bonchev–Trinajstić information content (AvgIpc) is 3.01. The van der Waals surface area contributed by atoms with Gasteiger partial charge in [-0.2, -0.15) is 0 Å². The minimum absolute atomic E-state index is 0.0167. The highest BCUT2D eigenvalue weighted by Gasteiger charge is 2.26. The number of amides is 1. The van der Waals surface area contributed by atoms with Crippen molar-refractivity contribution in [3.63, 3.8) is 0 Å². The highest BCUT2D eigenvalue weighted by atomic mass is 16.4. The Balaban J connectivity index is 1.87. The number of hydrogen-bond acceptors (Lipinski definition) is 3. The van der Waals surface area contributed by atoms with Crippen LogP contribution in [0.5, 0.6) is 0 Å². The molecule has 0 bridgehead atoms. The Morgan fingerprint density at radius 1 is 1.22 bits per heavy atom. The molecule has 1 aliphatic carbocycles. The fraction of sp³-hybridized carbons (Fsp3) is 0.333. The van der Waals surface area contributed by atoms with Gasteiger partial charge >= 0.3 is 5.97 Å². The summed E-state index contributed by atoms with van der Waals surface area (Å²) in [5.74, 6) is -0.407. The van der Waals surface area contributed by atoms with Crippen LogP contribution in [0.15, 0.2) is 42.2 Å². The van der Waals surface area contributed by atoms with E-state index in [4.69, 9.17) is 0 Å². The number of hydrogen-bond donors (Lipinski definition) is 2. The van der Waals surface area contributed by atoms with E-state index in [2.05, 4.69) is 5.32 Å². The summed E-state index contributed by atoms with van der Waals surface area (Å²) in [6.45, 7) is -0.199. The first-order valence-corrected chi connectivity index (χ1v) is 7.93. The third-order valence-corrected chi connectivity index (χ3v) is 4.32. The van der Waals surface area contributed by atoms with Crippen molar-refractivity contribution >= 4 is 23.6 Å². The first-order valence-electron chi connectivity index (χ1n) is 7.93. The first kappa shape index (κ1) is 15.3. The maximum absolute atomic E-state index is 12.4. The molecular weight excluding hydrogens is 292 g/mol. The lowest BCUT2D eigenvalue weighted by Gasteiger charge is -2.27. The number of nitrogens with one attached hydrogen (secondary N) is 1. The summed E-state index contributed by atoms with van der Waals surface area (Å²) in [6, 6.07) is 7.56. The molecule has 120 valence electrons. The SMILES string of the molecule is O=C(O)CN1C(NC(=O)C2CCCC2)=CC=Cc2ccccc21. The van der Waals surface area contributed by atoms with E-state index >= 15 is 0 Å². The van der Waals surface area contributed by atoms with Crippen molar-refractivity contribution in [2.45, 2.75) is 25.7 Å². The van der Waals surface area contributed by atoms with Gasteiger partial charge in [-0.15, -0.1) is 0 Å². The zero-order valence-corrected chi connectivity index (χ0v) is 12.9. The van der Waals surface area contributed by atoms with E-state index < -0.39 is 5.97 Å². The standard InChI is InChI=1S/C18H20N2O3/c21-17(22)12-20-15-10-4-3-6-13(15)9-5-11-16(20)19-18(23)14-7-1-2-8-14/h3-6,9-11,14H,1-2,7-8,12H2,(H,19,23)(H,21,22). The van der Waals surface area contributed by atoms with Crippen LogP contribution in [0.4, 0.5) is 5.69 Å². The molecule has 0 atom stereocenters. The van der Waals surface area contributed by atoms with Gasteiger partial charge < -0.3 is 15.3 Å². The molecule has 1 aromatic rings. The van der Waals surface area contributed by atoms with Gasteiger partial charge in [0.1, 0.15) is 12.4 Å². The fourth-order valence-corrected chi connectivity index (χ4v) is 3.17. The number of carbonyl (C=O) groups excluding carboxylic acids is 1. The maximum Gasteiger partial charge on any atom is 0.323 e. The molecule has 3 rings (SSSR count). The van der Waals surface area contributed by atoms with Crippen molar-refractivity contribution in [3.05, 3.63) is 47.8 Å². The van der Waals surface area contributed by atoms with E-state index in [-0.39, 0.29) is 18.4 Å². The molecule has 5 nitrogen and oxygen atoms in total. The van der Waals surface area contributed by atoms with Crippen molar-refractivity contribution in [3.8, 4) is 0 Å². The Hall–Kier alpha value is -2.56. The molecule has 23 heavy (non-hydrogen) atoms. The Bertz CT molecular complexity index is 673. The Morgan fingerprint density at radius 2 is 1.96 bits per heavy atom. The molecule has 1 amide bonds. The Labute approximate surface area is 135 Å². The molecule has 0 radical (unpaired) electrons. The van der Waals surface area contributed by atoms with Crippen molar-refractivity contribution < 1.29 is 14.7 Å². The second-order valence-electron chi connectivity index (χ2n) is 5.92. The van der Waals surface area contributed by atoms with E-state index in [0.717, 1.165) is 36.9 Å². The molecular formula is C18H20N2O3. The largest absolute Gasteiger partial charge is 0.480 e. The normalized spacial score (nSPS) is 17.4. The van der Waals surface area contributed by atoms with Gasteiger partial charge in [-0.1, -0.05) is 43.2 Å². The summed E-state index contributed by atoms with van der Waals surface area (Å²) >= 11 is 0. The number of para-hydroxylation sites is 1. The zero-order chi connectivity index (χ0) is 16.2. The summed E-state index contributed by atoms with van der Waals surface area (Å²) < 4.78 is 0. The van der Waals surface area contributed by atoms with Gasteiger partial charge in [0.2, 0.25) is 5.91 Å². The summed E-state index contributed by atoms with van der Waals surface area (Å²) in [7, 11) is 0. The smallest absolute Gasteiger partial charge is 0.323 e. The van der Waals surface area contributed by atoms with Gasteiger partial charge in [-0.25, -0.2) is 0 Å². The number of carboxylic acids is 1. The van der Waals surface area contributed by atoms with Crippen LogP contribution in [-0.4, -0.2) is 23.5 Å². The van der Waals surface area contributed by atoms with Crippen molar-refractivity contribution in [2.24, 2.45) is 5.92 Å². The van der Waals surface area contributed by atoms with Crippen LogP contribution < -0.4 is 10.2 Å². The molecule has 0 spiro atoms. The maximum atomic E-state index is 12.4. The van der Waals surface area contributed by atoms with Crippen molar-refractivity contribution in [1.29, 1.82) is 0 Å². The lowest BCUT2D eigenvalue weighted by Crippen LogP contribution is -2.40. The predicted molar refractivity (Wildman–Crippen MR) is 88.6 cm³/mol. The van der Waals surface area contributed by atoms with E-state index in [9.17, 15) is 14.7 Å². The lowest BCUT2D eigenvalue weighted by atomic mass is 10.1. The van der Waals surface area contributed by atoms with Gasteiger partial charge in [0, 0.05) is 5.92 Å². The number of carbonyl (C=O) groups is 2. The molecule has 5 heteroatoms. The number of benzene rings is 1. The van der Waals surface area contributed by atoms with E-state index in [1.807, 2.05) is 36.4 Å². The quantitative estimate of drug-likeness (QED) is 0.897. The second kappa shape index (κ2) is 6.69. The summed E-state index contributed by atoms with van der Waals surface area (Å²) in [5, 5.41) is 12.2. The summed E-state index contributed by atoms with van der Waals surface area (Å²) in [6.07, 6.45) is 9.49.